The van der Waals surface area contributed by atoms with Crippen LogP contribution >= 0.6 is 0 Å². The Kier molecular flexibility index (Phi) is 5.65. The van der Waals surface area contributed by atoms with E-state index in [1.54, 1.807) is 12.4 Å². The number of aromatic nitrogens is 3. The maximum atomic E-state index is 12.7. The van der Waals surface area contributed by atoms with Crippen LogP contribution in [0.4, 0.5) is 0 Å². The zero-order chi connectivity index (χ0) is 18.5. The fourth-order valence-electron chi connectivity index (χ4n) is 3.06. The van der Waals surface area contributed by atoms with Gasteiger partial charge in [-0.2, -0.15) is 0 Å². The highest BCUT2D eigenvalue weighted by Gasteiger charge is 2.27. The number of hydrogen-bond acceptors (Lipinski definition) is 4. The highest BCUT2D eigenvalue weighted by atomic mass is 16.2. The lowest BCUT2D eigenvalue weighted by Gasteiger charge is -2.18. The number of hydrogen-bond donors (Lipinski definition) is 2. The summed E-state index contributed by atoms with van der Waals surface area (Å²) in [4.78, 5) is 33.6. The van der Waals surface area contributed by atoms with Gasteiger partial charge in [0.1, 0.15) is 5.69 Å². The molecule has 0 saturated heterocycles. The van der Waals surface area contributed by atoms with Crippen molar-refractivity contribution in [2.45, 2.75) is 58.7 Å². The number of carbonyl (C=O) groups is 2. The van der Waals surface area contributed by atoms with Gasteiger partial charge in [0.05, 0.1) is 5.69 Å². The van der Waals surface area contributed by atoms with Crippen molar-refractivity contribution in [3.8, 4) is 0 Å². The first kappa shape index (κ1) is 18.1. The van der Waals surface area contributed by atoms with Gasteiger partial charge in [-0.25, -0.2) is 4.98 Å². The van der Waals surface area contributed by atoms with Crippen LogP contribution in [0.5, 0.6) is 0 Å². The van der Waals surface area contributed by atoms with E-state index in [0.29, 0.717) is 18.1 Å². The summed E-state index contributed by atoms with van der Waals surface area (Å²) in [5, 5.41) is 5.84. The first-order valence-electron chi connectivity index (χ1n) is 9.17. The molecule has 0 radical (unpaired) electrons. The third-order valence-electron chi connectivity index (χ3n) is 4.73. The van der Waals surface area contributed by atoms with E-state index in [1.165, 1.54) is 0 Å². The molecule has 0 spiro atoms. The number of fused-ring (bicyclic) bond motifs is 1. The number of nitrogens with one attached hydrogen (secondary N) is 2. The molecule has 2 N–H and O–H groups in total. The van der Waals surface area contributed by atoms with Gasteiger partial charge in [-0.3, -0.25) is 14.6 Å². The highest BCUT2D eigenvalue weighted by Crippen LogP contribution is 2.21. The smallest absolute Gasteiger partial charge is 0.287 e. The van der Waals surface area contributed by atoms with Gasteiger partial charge in [0.2, 0.25) is 0 Å². The fourth-order valence-corrected chi connectivity index (χ4v) is 3.06. The normalized spacial score (nSPS) is 14.4. The molecule has 1 aliphatic rings. The maximum Gasteiger partial charge on any atom is 0.287 e. The summed E-state index contributed by atoms with van der Waals surface area (Å²) in [5.74, 6) is -0.111. The van der Waals surface area contributed by atoms with Crippen LogP contribution in [0.1, 0.15) is 65.5 Å². The lowest BCUT2D eigenvalue weighted by molar-refractivity contribution is 0.0923. The molecule has 3 heterocycles. The lowest BCUT2D eigenvalue weighted by Crippen LogP contribution is -2.34. The fraction of sp³-hybridized carbons (Fsp3) is 0.474. The van der Waals surface area contributed by atoms with E-state index in [0.717, 1.165) is 43.5 Å². The zero-order valence-corrected chi connectivity index (χ0v) is 15.3. The van der Waals surface area contributed by atoms with Crippen LogP contribution in [-0.2, 0) is 19.5 Å². The molecule has 26 heavy (non-hydrogen) atoms. The molecule has 2 aromatic heterocycles. The van der Waals surface area contributed by atoms with Crippen LogP contribution < -0.4 is 10.6 Å². The van der Waals surface area contributed by atoms with Crippen LogP contribution in [0.3, 0.4) is 0 Å². The number of rotatable bonds is 6. The Labute approximate surface area is 153 Å². The summed E-state index contributed by atoms with van der Waals surface area (Å²) in [7, 11) is 0. The summed E-state index contributed by atoms with van der Waals surface area (Å²) < 4.78 is 1.91. The zero-order valence-electron chi connectivity index (χ0n) is 15.3. The molecule has 1 atom stereocenters. The van der Waals surface area contributed by atoms with Gasteiger partial charge < -0.3 is 15.2 Å². The largest absolute Gasteiger partial charge is 0.347 e. The first-order valence-corrected chi connectivity index (χ1v) is 9.17. The third kappa shape index (κ3) is 3.92. The Morgan fingerprint density at radius 2 is 2.00 bits per heavy atom. The van der Waals surface area contributed by atoms with Crippen molar-refractivity contribution in [1.82, 2.24) is 25.2 Å². The van der Waals surface area contributed by atoms with Crippen molar-refractivity contribution >= 4 is 11.8 Å². The lowest BCUT2D eigenvalue weighted by atomic mass is 10.1. The van der Waals surface area contributed by atoms with E-state index in [-0.39, 0.29) is 17.9 Å². The average molecular weight is 355 g/mol. The van der Waals surface area contributed by atoms with Crippen molar-refractivity contribution in [3.63, 3.8) is 0 Å². The number of carbonyl (C=O) groups excluding carboxylic acids is 2. The van der Waals surface area contributed by atoms with E-state index in [9.17, 15) is 9.59 Å². The predicted molar refractivity (Wildman–Crippen MR) is 97.8 cm³/mol. The molecule has 3 rings (SSSR count). The highest BCUT2D eigenvalue weighted by molar-refractivity contribution is 5.97. The Hall–Kier alpha value is -2.70. The molecule has 0 bridgehead atoms. The molecule has 0 aliphatic carbocycles. The molecular formula is C19H25N5O2. The predicted octanol–water partition coefficient (Wildman–Crippen LogP) is 2.07. The molecule has 0 fully saturated rings. The van der Waals surface area contributed by atoms with Gasteiger partial charge in [0.15, 0.2) is 5.82 Å². The molecule has 2 aromatic rings. The summed E-state index contributed by atoms with van der Waals surface area (Å²) in [6.07, 6.45) is 6.99. The van der Waals surface area contributed by atoms with Gasteiger partial charge in [-0.1, -0.05) is 6.92 Å². The van der Waals surface area contributed by atoms with E-state index >= 15 is 0 Å². The molecule has 0 saturated carbocycles. The Bertz CT molecular complexity index is 785. The van der Waals surface area contributed by atoms with Crippen LogP contribution in [0.15, 0.2) is 24.5 Å². The SMILES string of the molecule is CCC(C)NC(=O)c1nc(C(=O)NCc2ccncc2)c2n1CCCC2. The summed E-state index contributed by atoms with van der Waals surface area (Å²) >= 11 is 0. The second-order valence-corrected chi connectivity index (χ2v) is 6.66. The van der Waals surface area contributed by atoms with Gasteiger partial charge in [0, 0.05) is 31.5 Å². The Balaban J connectivity index is 1.80. The van der Waals surface area contributed by atoms with Crippen molar-refractivity contribution in [1.29, 1.82) is 0 Å². The number of pyridine rings is 1. The topological polar surface area (TPSA) is 88.9 Å². The van der Waals surface area contributed by atoms with Crippen LogP contribution in [0.25, 0.3) is 0 Å². The molecule has 138 valence electrons. The minimum absolute atomic E-state index is 0.0722. The summed E-state index contributed by atoms with van der Waals surface area (Å²) in [6, 6.07) is 3.78. The number of imidazole rings is 1. The second kappa shape index (κ2) is 8.12. The number of nitrogens with zero attached hydrogens (tertiary/aromatic N) is 3. The van der Waals surface area contributed by atoms with E-state index in [4.69, 9.17) is 0 Å². The van der Waals surface area contributed by atoms with Gasteiger partial charge in [-0.15, -0.1) is 0 Å². The van der Waals surface area contributed by atoms with Crippen molar-refractivity contribution < 1.29 is 9.59 Å². The molecule has 0 aromatic carbocycles. The molecule has 1 aliphatic heterocycles. The standard InChI is InChI=1S/C19H25N5O2/c1-3-13(2)22-19(26)17-23-16(15-6-4-5-11-24(15)17)18(25)21-12-14-7-9-20-10-8-14/h7-10,13H,3-6,11-12H2,1-2H3,(H,21,25)(H,22,26). The van der Waals surface area contributed by atoms with Crippen LogP contribution in [0, 0.1) is 0 Å². The molecule has 7 nitrogen and oxygen atoms in total. The quantitative estimate of drug-likeness (QED) is 0.830. The maximum absolute atomic E-state index is 12.7. The average Bonchev–Trinajstić information content (AvgIpc) is 3.06. The second-order valence-electron chi connectivity index (χ2n) is 6.66. The minimum Gasteiger partial charge on any atom is -0.347 e. The summed E-state index contributed by atoms with van der Waals surface area (Å²) in [5.41, 5.74) is 2.20. The molecular weight excluding hydrogens is 330 g/mol. The molecule has 2 amide bonds. The van der Waals surface area contributed by atoms with Crippen LogP contribution in [-0.4, -0.2) is 32.4 Å². The Morgan fingerprint density at radius 3 is 2.73 bits per heavy atom. The molecule has 7 heteroatoms. The minimum atomic E-state index is -0.241. The number of amides is 2. The van der Waals surface area contributed by atoms with Gasteiger partial charge >= 0.3 is 0 Å². The van der Waals surface area contributed by atoms with Gasteiger partial charge in [0.25, 0.3) is 11.8 Å². The van der Waals surface area contributed by atoms with E-state index < -0.39 is 0 Å². The van der Waals surface area contributed by atoms with Crippen LogP contribution in [0.2, 0.25) is 0 Å². The van der Waals surface area contributed by atoms with Gasteiger partial charge in [-0.05, 0) is 50.3 Å². The van der Waals surface area contributed by atoms with E-state index in [2.05, 4.69) is 20.6 Å². The first-order chi connectivity index (χ1) is 12.6. The Morgan fingerprint density at radius 1 is 1.23 bits per heavy atom. The molecule has 1 unspecified atom stereocenters. The summed E-state index contributed by atoms with van der Waals surface area (Å²) in [6.45, 7) is 5.11. The van der Waals surface area contributed by atoms with Crippen molar-refractivity contribution in [2.24, 2.45) is 0 Å². The monoisotopic (exact) mass is 355 g/mol. The van der Waals surface area contributed by atoms with Crippen molar-refractivity contribution in [3.05, 3.63) is 47.3 Å². The van der Waals surface area contributed by atoms with Crippen molar-refractivity contribution in [2.75, 3.05) is 0 Å². The third-order valence-corrected chi connectivity index (χ3v) is 4.73. The van der Waals surface area contributed by atoms with E-state index in [1.807, 2.05) is 30.5 Å².